The molecule has 0 heterocycles. The molecule has 0 aliphatic heterocycles. The zero-order valence-electron chi connectivity index (χ0n) is 14.9. The molecule has 0 fully saturated rings. The SMILES string of the molecule is FC1C=CC(CNCc2ccccc2CNCC2=CCC(F)C=C2)=CC1. The number of rotatable bonds is 8. The fourth-order valence-corrected chi connectivity index (χ4v) is 3.12. The molecular weight excluding hydrogens is 330 g/mol. The largest absolute Gasteiger partial charge is 0.309 e. The number of nitrogens with one attached hydrogen (secondary N) is 2. The van der Waals surface area contributed by atoms with Crippen LogP contribution in [0, 0.1) is 0 Å². The van der Waals surface area contributed by atoms with Gasteiger partial charge in [-0.1, -0.05) is 60.7 Å². The molecule has 0 radical (unpaired) electrons. The van der Waals surface area contributed by atoms with Crippen molar-refractivity contribution in [2.45, 2.75) is 38.3 Å². The van der Waals surface area contributed by atoms with Gasteiger partial charge in [-0.15, -0.1) is 0 Å². The Balaban J connectivity index is 1.45. The van der Waals surface area contributed by atoms with Crippen LogP contribution in [0.5, 0.6) is 0 Å². The van der Waals surface area contributed by atoms with Crippen molar-refractivity contribution in [2.75, 3.05) is 13.1 Å². The van der Waals surface area contributed by atoms with E-state index in [1.54, 1.807) is 12.2 Å². The third kappa shape index (κ3) is 5.75. The van der Waals surface area contributed by atoms with Crippen molar-refractivity contribution in [3.63, 3.8) is 0 Å². The number of allylic oxidation sites excluding steroid dienone is 4. The van der Waals surface area contributed by atoms with E-state index in [4.69, 9.17) is 0 Å². The average molecular weight is 356 g/mol. The van der Waals surface area contributed by atoms with Gasteiger partial charge in [-0.25, -0.2) is 8.78 Å². The molecule has 0 saturated carbocycles. The van der Waals surface area contributed by atoms with Crippen molar-refractivity contribution in [3.05, 3.63) is 83.0 Å². The van der Waals surface area contributed by atoms with Crippen LogP contribution in [0.25, 0.3) is 0 Å². The number of hydrogen-bond acceptors (Lipinski definition) is 2. The third-order valence-corrected chi connectivity index (χ3v) is 4.66. The Hall–Kier alpha value is -2.04. The van der Waals surface area contributed by atoms with Crippen molar-refractivity contribution >= 4 is 0 Å². The van der Waals surface area contributed by atoms with Gasteiger partial charge in [0.2, 0.25) is 0 Å². The number of benzene rings is 1. The van der Waals surface area contributed by atoms with Crippen LogP contribution in [0.2, 0.25) is 0 Å². The monoisotopic (exact) mass is 356 g/mol. The van der Waals surface area contributed by atoms with Crippen LogP contribution in [-0.4, -0.2) is 25.4 Å². The van der Waals surface area contributed by atoms with Gasteiger partial charge in [0.25, 0.3) is 0 Å². The second-order valence-corrected chi connectivity index (χ2v) is 6.76. The lowest BCUT2D eigenvalue weighted by molar-refractivity contribution is 0.400. The molecule has 2 unspecified atom stereocenters. The van der Waals surface area contributed by atoms with Crippen molar-refractivity contribution in [3.8, 4) is 0 Å². The Morgan fingerprint density at radius 1 is 0.731 bits per heavy atom. The number of alkyl halides is 2. The minimum atomic E-state index is -0.838. The zero-order valence-corrected chi connectivity index (χ0v) is 14.9. The lowest BCUT2D eigenvalue weighted by Gasteiger charge is -2.14. The van der Waals surface area contributed by atoms with E-state index >= 15 is 0 Å². The highest BCUT2D eigenvalue weighted by molar-refractivity contribution is 5.30. The van der Waals surface area contributed by atoms with E-state index in [1.807, 2.05) is 36.4 Å². The summed E-state index contributed by atoms with van der Waals surface area (Å²) in [4.78, 5) is 0. The van der Waals surface area contributed by atoms with Gasteiger partial charge in [0.15, 0.2) is 0 Å². The molecule has 0 spiro atoms. The molecular formula is C22H26F2N2. The Bertz CT molecular complexity index is 658. The van der Waals surface area contributed by atoms with Crippen LogP contribution >= 0.6 is 0 Å². The van der Waals surface area contributed by atoms with Gasteiger partial charge in [0.1, 0.15) is 12.3 Å². The van der Waals surface area contributed by atoms with E-state index in [-0.39, 0.29) is 0 Å². The van der Waals surface area contributed by atoms with Gasteiger partial charge in [-0.3, -0.25) is 0 Å². The minimum Gasteiger partial charge on any atom is -0.309 e. The quantitative estimate of drug-likeness (QED) is 0.725. The molecule has 26 heavy (non-hydrogen) atoms. The third-order valence-electron chi connectivity index (χ3n) is 4.66. The molecule has 1 aromatic carbocycles. The van der Waals surface area contributed by atoms with Gasteiger partial charge < -0.3 is 10.6 Å². The molecule has 2 aliphatic carbocycles. The molecule has 138 valence electrons. The maximum atomic E-state index is 13.1. The second-order valence-electron chi connectivity index (χ2n) is 6.76. The van der Waals surface area contributed by atoms with Crippen LogP contribution in [0.15, 0.2) is 71.9 Å². The highest BCUT2D eigenvalue weighted by Gasteiger charge is 2.08. The van der Waals surface area contributed by atoms with E-state index in [1.165, 1.54) is 11.1 Å². The molecule has 0 saturated heterocycles. The first kappa shape index (κ1) is 18.7. The normalized spacial score (nSPS) is 22.2. The first-order valence-corrected chi connectivity index (χ1v) is 9.21. The lowest BCUT2D eigenvalue weighted by atomic mass is 10.0. The van der Waals surface area contributed by atoms with E-state index < -0.39 is 12.3 Å². The smallest absolute Gasteiger partial charge is 0.122 e. The van der Waals surface area contributed by atoms with Gasteiger partial charge in [0.05, 0.1) is 0 Å². The van der Waals surface area contributed by atoms with E-state index in [2.05, 4.69) is 22.8 Å². The maximum absolute atomic E-state index is 13.1. The van der Waals surface area contributed by atoms with Gasteiger partial charge in [-0.2, -0.15) is 0 Å². The van der Waals surface area contributed by atoms with Crippen LogP contribution in [0.3, 0.4) is 0 Å². The standard InChI is InChI=1S/C22H26F2N2/c23-21-9-5-17(6-10-21)13-25-15-19-3-1-2-4-20(19)16-26-14-18-7-11-22(24)12-8-18/h1-9,11,21-22,25-26H,10,12-16H2. The minimum absolute atomic E-state index is 0.474. The summed E-state index contributed by atoms with van der Waals surface area (Å²) in [6, 6.07) is 8.34. The van der Waals surface area contributed by atoms with Crippen molar-refractivity contribution in [1.82, 2.24) is 10.6 Å². The summed E-state index contributed by atoms with van der Waals surface area (Å²) in [5.74, 6) is 0. The summed E-state index contributed by atoms with van der Waals surface area (Å²) in [5.41, 5.74) is 4.77. The molecule has 0 aromatic heterocycles. The molecule has 2 nitrogen and oxygen atoms in total. The first-order chi connectivity index (χ1) is 12.7. The van der Waals surface area contributed by atoms with Crippen LogP contribution in [-0.2, 0) is 13.1 Å². The van der Waals surface area contributed by atoms with Crippen molar-refractivity contribution < 1.29 is 8.78 Å². The predicted octanol–water partition coefficient (Wildman–Crippen LogP) is 4.31. The summed E-state index contributed by atoms with van der Waals surface area (Å²) in [7, 11) is 0. The lowest BCUT2D eigenvalue weighted by Crippen LogP contribution is -2.21. The summed E-state index contributed by atoms with van der Waals surface area (Å²) >= 11 is 0. The van der Waals surface area contributed by atoms with Crippen LogP contribution < -0.4 is 10.6 Å². The first-order valence-electron chi connectivity index (χ1n) is 9.21. The Morgan fingerprint density at radius 3 is 1.58 bits per heavy atom. The van der Waals surface area contributed by atoms with Crippen molar-refractivity contribution in [2.24, 2.45) is 0 Å². The second kappa shape index (κ2) is 9.60. The van der Waals surface area contributed by atoms with E-state index in [0.717, 1.165) is 37.3 Å². The molecule has 4 heteroatoms. The fourth-order valence-electron chi connectivity index (χ4n) is 3.12. The number of halogens is 2. The zero-order chi connectivity index (χ0) is 18.2. The summed E-state index contributed by atoms with van der Waals surface area (Å²) in [6.45, 7) is 3.03. The molecule has 2 aliphatic rings. The summed E-state index contributed by atoms with van der Waals surface area (Å²) in [6.07, 6.45) is 10.2. The highest BCUT2D eigenvalue weighted by Crippen LogP contribution is 2.14. The van der Waals surface area contributed by atoms with Gasteiger partial charge >= 0.3 is 0 Å². The molecule has 0 amide bonds. The van der Waals surface area contributed by atoms with Gasteiger partial charge in [-0.05, 0) is 22.3 Å². The average Bonchev–Trinajstić information content (AvgIpc) is 2.66. The Labute approximate surface area is 154 Å². The fraction of sp³-hybridized carbons (Fsp3) is 0.364. The topological polar surface area (TPSA) is 24.1 Å². The van der Waals surface area contributed by atoms with Crippen LogP contribution in [0.1, 0.15) is 24.0 Å². The Kier molecular flexibility index (Phi) is 6.92. The van der Waals surface area contributed by atoms with Crippen molar-refractivity contribution in [1.29, 1.82) is 0 Å². The molecule has 3 rings (SSSR count). The van der Waals surface area contributed by atoms with E-state index in [0.29, 0.717) is 12.8 Å². The summed E-state index contributed by atoms with van der Waals surface area (Å²) in [5, 5.41) is 6.87. The number of hydrogen-bond donors (Lipinski definition) is 2. The molecule has 1 aromatic rings. The highest BCUT2D eigenvalue weighted by atomic mass is 19.1. The predicted molar refractivity (Wildman–Crippen MR) is 103 cm³/mol. The molecule has 0 bridgehead atoms. The molecule has 2 N–H and O–H groups in total. The maximum Gasteiger partial charge on any atom is 0.122 e. The Morgan fingerprint density at radius 2 is 1.19 bits per heavy atom. The molecule has 2 atom stereocenters. The summed E-state index contributed by atoms with van der Waals surface area (Å²) < 4.78 is 26.2. The van der Waals surface area contributed by atoms with Gasteiger partial charge in [0, 0.05) is 39.0 Å². The van der Waals surface area contributed by atoms with E-state index in [9.17, 15) is 8.78 Å². The van der Waals surface area contributed by atoms with Crippen LogP contribution in [0.4, 0.5) is 8.78 Å².